The van der Waals surface area contributed by atoms with Gasteiger partial charge in [0.2, 0.25) is 0 Å². The van der Waals surface area contributed by atoms with Crippen molar-refractivity contribution in [3.63, 3.8) is 0 Å². The number of nitrogens with zero attached hydrogens (tertiary/aromatic N) is 4. The molecule has 1 saturated heterocycles. The monoisotopic (exact) mass is 282 g/mol. The summed E-state index contributed by atoms with van der Waals surface area (Å²) in [4.78, 5) is 5.86. The number of hydrogen-bond donors (Lipinski definition) is 0. The smallest absolute Gasteiger partial charge is 0.356 e. The average Bonchev–Trinajstić information content (AvgIpc) is 2.85. The van der Waals surface area contributed by atoms with Gasteiger partial charge >= 0.3 is 6.18 Å². The number of aromatic nitrogens is 3. The molecule has 1 aliphatic heterocycles. The first-order valence-electron chi connectivity index (χ1n) is 6.28. The van der Waals surface area contributed by atoms with Crippen LogP contribution >= 0.6 is 0 Å². The van der Waals surface area contributed by atoms with Crippen molar-refractivity contribution in [3.8, 4) is 0 Å². The standard InChI is InChI=1S/C13H13F3N4/c14-13(15,16)11-2-4-17-12(6-11)19-7-10(8-19)9-20-5-1-3-18-20/h1-6,10H,7-9H2. The highest BCUT2D eigenvalue weighted by Gasteiger charge is 2.33. The fraction of sp³-hybridized carbons (Fsp3) is 0.385. The lowest BCUT2D eigenvalue weighted by molar-refractivity contribution is -0.137. The van der Waals surface area contributed by atoms with Gasteiger partial charge in [-0.15, -0.1) is 0 Å². The second kappa shape index (κ2) is 4.81. The van der Waals surface area contributed by atoms with Crippen LogP contribution in [0.1, 0.15) is 5.56 Å². The number of pyridine rings is 1. The lowest BCUT2D eigenvalue weighted by atomic mass is 10.00. The van der Waals surface area contributed by atoms with Gasteiger partial charge in [-0.3, -0.25) is 4.68 Å². The highest BCUT2D eigenvalue weighted by molar-refractivity contribution is 5.44. The Morgan fingerprint density at radius 3 is 2.70 bits per heavy atom. The van der Waals surface area contributed by atoms with Gasteiger partial charge in [-0.1, -0.05) is 0 Å². The zero-order valence-corrected chi connectivity index (χ0v) is 10.6. The predicted octanol–water partition coefficient (Wildman–Crippen LogP) is 2.43. The van der Waals surface area contributed by atoms with Crippen LogP contribution in [0.15, 0.2) is 36.8 Å². The van der Waals surface area contributed by atoms with Crippen molar-refractivity contribution in [2.75, 3.05) is 18.0 Å². The van der Waals surface area contributed by atoms with Crippen LogP contribution in [0, 0.1) is 5.92 Å². The Kier molecular flexibility index (Phi) is 3.11. The Morgan fingerprint density at radius 1 is 1.25 bits per heavy atom. The minimum atomic E-state index is -4.32. The minimum Gasteiger partial charge on any atom is -0.356 e. The molecule has 0 bridgehead atoms. The van der Waals surface area contributed by atoms with Crippen LogP contribution in [0.5, 0.6) is 0 Å². The summed E-state index contributed by atoms with van der Waals surface area (Å²) in [5.41, 5.74) is -0.655. The van der Waals surface area contributed by atoms with Crippen molar-refractivity contribution in [1.29, 1.82) is 0 Å². The van der Waals surface area contributed by atoms with E-state index in [1.807, 2.05) is 21.8 Å². The van der Waals surface area contributed by atoms with E-state index in [2.05, 4.69) is 10.1 Å². The van der Waals surface area contributed by atoms with Gasteiger partial charge in [0.05, 0.1) is 5.56 Å². The topological polar surface area (TPSA) is 34.0 Å². The molecule has 4 nitrogen and oxygen atoms in total. The van der Waals surface area contributed by atoms with Crippen LogP contribution in [0.3, 0.4) is 0 Å². The zero-order chi connectivity index (χ0) is 14.2. The van der Waals surface area contributed by atoms with Crippen LogP contribution in [-0.2, 0) is 12.7 Å². The maximum absolute atomic E-state index is 12.6. The van der Waals surface area contributed by atoms with Crippen LogP contribution in [-0.4, -0.2) is 27.9 Å². The molecule has 0 radical (unpaired) electrons. The number of halogens is 3. The fourth-order valence-corrected chi connectivity index (χ4v) is 2.31. The second-order valence-corrected chi connectivity index (χ2v) is 4.90. The molecule has 2 aromatic heterocycles. The third-order valence-electron chi connectivity index (χ3n) is 3.36. The first kappa shape index (κ1) is 13.0. The summed E-state index contributed by atoms with van der Waals surface area (Å²) in [5.74, 6) is 0.780. The molecule has 3 heterocycles. The van der Waals surface area contributed by atoms with Crippen molar-refractivity contribution in [2.24, 2.45) is 5.92 Å². The first-order chi connectivity index (χ1) is 9.52. The highest BCUT2D eigenvalue weighted by Crippen LogP contribution is 2.32. The second-order valence-electron chi connectivity index (χ2n) is 4.90. The van der Waals surface area contributed by atoms with E-state index in [0.29, 0.717) is 24.8 Å². The summed E-state index contributed by atoms with van der Waals surface area (Å²) in [6, 6.07) is 3.94. The van der Waals surface area contributed by atoms with E-state index in [1.54, 1.807) is 6.20 Å². The van der Waals surface area contributed by atoms with E-state index < -0.39 is 11.7 Å². The maximum atomic E-state index is 12.6. The van der Waals surface area contributed by atoms with E-state index in [4.69, 9.17) is 0 Å². The molecule has 0 N–H and O–H groups in total. The SMILES string of the molecule is FC(F)(F)c1ccnc(N2CC(Cn3cccn3)C2)c1. The van der Waals surface area contributed by atoms with Crippen molar-refractivity contribution >= 4 is 5.82 Å². The van der Waals surface area contributed by atoms with Crippen LogP contribution < -0.4 is 4.90 Å². The zero-order valence-electron chi connectivity index (χ0n) is 10.6. The van der Waals surface area contributed by atoms with Crippen molar-refractivity contribution < 1.29 is 13.2 Å². The molecule has 7 heteroatoms. The largest absolute Gasteiger partial charge is 0.416 e. The van der Waals surface area contributed by atoms with Gasteiger partial charge in [0.15, 0.2) is 0 Å². The summed E-state index contributed by atoms with van der Waals surface area (Å²) in [6.07, 6.45) is 0.478. The van der Waals surface area contributed by atoms with Gasteiger partial charge in [-0.25, -0.2) is 4.98 Å². The Hall–Kier alpha value is -2.05. The van der Waals surface area contributed by atoms with Crippen LogP contribution in [0.25, 0.3) is 0 Å². The van der Waals surface area contributed by atoms with E-state index in [-0.39, 0.29) is 0 Å². The Labute approximate surface area is 113 Å². The third-order valence-corrected chi connectivity index (χ3v) is 3.36. The number of anilines is 1. The number of alkyl halides is 3. The average molecular weight is 282 g/mol. The first-order valence-corrected chi connectivity index (χ1v) is 6.28. The van der Waals surface area contributed by atoms with E-state index in [1.165, 1.54) is 6.20 Å². The summed E-state index contributed by atoms with van der Waals surface area (Å²) >= 11 is 0. The molecule has 3 rings (SSSR count). The van der Waals surface area contributed by atoms with Crippen LogP contribution in [0.4, 0.5) is 19.0 Å². The number of rotatable bonds is 3. The molecule has 0 amide bonds. The highest BCUT2D eigenvalue weighted by atomic mass is 19.4. The molecular formula is C13H13F3N4. The van der Waals surface area contributed by atoms with Gasteiger partial charge in [-0.05, 0) is 18.2 Å². The minimum absolute atomic E-state index is 0.386. The summed E-state index contributed by atoms with van der Waals surface area (Å²) < 4.78 is 39.7. The Balaban J connectivity index is 1.62. The van der Waals surface area contributed by atoms with Crippen molar-refractivity contribution in [2.45, 2.75) is 12.7 Å². The fourth-order valence-electron chi connectivity index (χ4n) is 2.31. The summed E-state index contributed by atoms with van der Waals surface area (Å²) in [7, 11) is 0. The van der Waals surface area contributed by atoms with Crippen molar-refractivity contribution in [1.82, 2.24) is 14.8 Å². The molecule has 2 aromatic rings. The molecule has 1 fully saturated rings. The molecule has 0 atom stereocenters. The third kappa shape index (κ3) is 2.61. The molecule has 0 saturated carbocycles. The molecule has 0 spiro atoms. The lowest BCUT2D eigenvalue weighted by Crippen LogP contribution is -2.49. The number of hydrogen-bond acceptors (Lipinski definition) is 3. The van der Waals surface area contributed by atoms with Gasteiger partial charge in [0, 0.05) is 44.1 Å². The molecule has 0 unspecified atom stereocenters. The van der Waals surface area contributed by atoms with Crippen LogP contribution in [0.2, 0.25) is 0 Å². The predicted molar refractivity (Wildman–Crippen MR) is 67.2 cm³/mol. The van der Waals surface area contributed by atoms with Gasteiger partial charge in [0.25, 0.3) is 0 Å². The quantitative estimate of drug-likeness (QED) is 0.867. The Bertz CT molecular complexity index is 574. The summed E-state index contributed by atoms with van der Waals surface area (Å²) in [6.45, 7) is 2.19. The Morgan fingerprint density at radius 2 is 2.05 bits per heavy atom. The summed E-state index contributed by atoms with van der Waals surface area (Å²) in [5, 5.41) is 4.12. The maximum Gasteiger partial charge on any atom is 0.416 e. The van der Waals surface area contributed by atoms with Crippen molar-refractivity contribution in [3.05, 3.63) is 42.4 Å². The molecule has 20 heavy (non-hydrogen) atoms. The van der Waals surface area contributed by atoms with E-state index in [0.717, 1.165) is 18.7 Å². The van der Waals surface area contributed by atoms with Gasteiger partial charge in [0.1, 0.15) is 5.82 Å². The molecule has 0 aromatic carbocycles. The van der Waals surface area contributed by atoms with E-state index in [9.17, 15) is 13.2 Å². The molecule has 1 aliphatic rings. The van der Waals surface area contributed by atoms with Gasteiger partial charge < -0.3 is 4.90 Å². The molecule has 106 valence electrons. The molecule has 0 aliphatic carbocycles. The van der Waals surface area contributed by atoms with E-state index >= 15 is 0 Å². The lowest BCUT2D eigenvalue weighted by Gasteiger charge is -2.40. The normalized spacial score (nSPS) is 16.2. The molecular weight excluding hydrogens is 269 g/mol. The van der Waals surface area contributed by atoms with Gasteiger partial charge in [-0.2, -0.15) is 18.3 Å².